The molecule has 20 unspecified atom stereocenters. The van der Waals surface area contributed by atoms with Crippen molar-refractivity contribution < 1.29 is 69.0 Å². The predicted octanol–water partition coefficient (Wildman–Crippen LogP) is 3.71. The number of cyclic esters (lactones) is 1. The molecule has 0 aliphatic carbocycles. The molecule has 0 aromatic rings. The Kier molecular flexibility index (Phi) is 18.9. The van der Waals surface area contributed by atoms with Crippen LogP contribution in [-0.2, 0) is 33.2 Å². The molecular formula is C47H81NO14. The summed E-state index contributed by atoms with van der Waals surface area (Å²) in [6, 6.07) is -0.287. The smallest absolute Gasteiger partial charge is 0.330 e. The third-order valence-corrected chi connectivity index (χ3v) is 14.6. The summed E-state index contributed by atoms with van der Waals surface area (Å²) in [5, 5.41) is 78.5. The summed E-state index contributed by atoms with van der Waals surface area (Å²) < 4.78 is 38.2. The van der Waals surface area contributed by atoms with Gasteiger partial charge in [-0.15, -0.1) is 0 Å². The molecule has 2 bridgehead atoms. The zero-order valence-corrected chi connectivity index (χ0v) is 38.5. The lowest BCUT2D eigenvalue weighted by atomic mass is 9.75. The Morgan fingerprint density at radius 3 is 2.35 bits per heavy atom. The van der Waals surface area contributed by atoms with Crippen molar-refractivity contribution in [2.75, 3.05) is 20.7 Å². The van der Waals surface area contributed by atoms with Crippen molar-refractivity contribution in [3.63, 3.8) is 0 Å². The van der Waals surface area contributed by atoms with Crippen molar-refractivity contribution in [2.24, 2.45) is 29.6 Å². The van der Waals surface area contributed by atoms with E-state index in [0.29, 0.717) is 57.8 Å². The lowest BCUT2D eigenvalue weighted by molar-refractivity contribution is -0.341. The van der Waals surface area contributed by atoms with Gasteiger partial charge in [0.2, 0.25) is 0 Å². The number of carbonyl (C=O) groups is 1. The largest absolute Gasteiger partial charge is 0.462 e. The molecule has 0 radical (unpaired) electrons. The van der Waals surface area contributed by atoms with Crippen LogP contribution in [0.4, 0.5) is 0 Å². The minimum atomic E-state index is -1.98. The van der Waals surface area contributed by atoms with E-state index in [1.165, 1.54) is 6.92 Å². The molecular weight excluding hydrogens is 803 g/mol. The number of aliphatic hydroxyl groups excluding tert-OH is 6. The second kappa shape index (κ2) is 22.8. The molecule has 7 N–H and O–H groups in total. The van der Waals surface area contributed by atoms with Crippen molar-refractivity contribution in [1.29, 1.82) is 0 Å². The fourth-order valence-electron chi connectivity index (χ4n) is 10.4. The van der Waals surface area contributed by atoms with E-state index in [0.717, 1.165) is 25.0 Å². The fraction of sp³-hybridized carbons (Fsp3) is 0.894. The highest BCUT2D eigenvalue weighted by atomic mass is 16.7. The van der Waals surface area contributed by atoms with Crippen LogP contribution in [-0.4, -0.2) is 158 Å². The van der Waals surface area contributed by atoms with Gasteiger partial charge in [-0.2, -0.15) is 0 Å². The first-order chi connectivity index (χ1) is 29.2. The molecule has 20 atom stereocenters. The molecule has 4 saturated heterocycles. The second-order valence-electron chi connectivity index (χ2n) is 20.0. The maximum Gasteiger partial charge on any atom is 0.330 e. The monoisotopic (exact) mass is 884 g/mol. The lowest BCUT2D eigenvalue weighted by Gasteiger charge is -2.52. The van der Waals surface area contributed by atoms with Crippen molar-refractivity contribution in [3.8, 4) is 0 Å². The molecule has 0 amide bonds. The quantitative estimate of drug-likeness (QED) is 0.150. The normalized spacial score (nSPS) is 46.5. The Balaban J connectivity index is 1.40. The van der Waals surface area contributed by atoms with Gasteiger partial charge in [-0.1, -0.05) is 39.8 Å². The predicted molar refractivity (Wildman–Crippen MR) is 230 cm³/mol. The van der Waals surface area contributed by atoms with E-state index in [4.69, 9.17) is 28.4 Å². The summed E-state index contributed by atoms with van der Waals surface area (Å²) in [7, 11) is 3.70. The Morgan fingerprint density at radius 1 is 0.919 bits per heavy atom. The Hall–Kier alpha value is -1.57. The van der Waals surface area contributed by atoms with Crippen molar-refractivity contribution in [3.05, 3.63) is 24.3 Å². The SMILES string of the molecule is CCC(O)CC1CCCC2(CC3COC(=O)C=CC(C)(O)C(O)CC(O)C(OC4CC(O)C(N(C)C)C(C)O4)C(O)C(C)CCCC=CC4CC(C)C(O)OC4CC(O2)C3C)O1. The van der Waals surface area contributed by atoms with E-state index in [-0.39, 0.29) is 67.0 Å². The van der Waals surface area contributed by atoms with Gasteiger partial charge >= 0.3 is 5.97 Å². The van der Waals surface area contributed by atoms with Crippen LogP contribution >= 0.6 is 0 Å². The molecule has 4 fully saturated rings. The van der Waals surface area contributed by atoms with E-state index in [9.17, 15) is 40.5 Å². The first-order valence-corrected chi connectivity index (χ1v) is 23.5. The van der Waals surface area contributed by atoms with Gasteiger partial charge in [0, 0.05) is 55.9 Å². The molecule has 358 valence electrons. The summed E-state index contributed by atoms with van der Waals surface area (Å²) in [5.41, 5.74) is -1.98. The number of allylic oxidation sites excluding steroid dienone is 1. The fourth-order valence-corrected chi connectivity index (χ4v) is 10.4. The number of nitrogens with zero attached hydrogens (tertiary/aromatic N) is 1. The molecule has 15 nitrogen and oxygen atoms in total. The highest BCUT2D eigenvalue weighted by Crippen LogP contribution is 2.47. The Bertz CT molecular complexity index is 1430. The van der Waals surface area contributed by atoms with E-state index in [1.807, 2.05) is 46.7 Å². The zero-order valence-electron chi connectivity index (χ0n) is 38.5. The van der Waals surface area contributed by atoms with Gasteiger partial charge in [-0.3, -0.25) is 0 Å². The minimum absolute atomic E-state index is 0.0136. The zero-order chi connectivity index (χ0) is 45.5. The van der Waals surface area contributed by atoms with Gasteiger partial charge in [0.05, 0.1) is 67.6 Å². The van der Waals surface area contributed by atoms with E-state index in [2.05, 4.69) is 19.1 Å². The number of carbonyl (C=O) groups excluding carboxylic acids is 1. The number of ether oxygens (including phenoxy) is 6. The molecule has 0 aromatic heterocycles. The number of hydrogen-bond donors (Lipinski definition) is 7. The highest BCUT2D eigenvalue weighted by Gasteiger charge is 2.51. The van der Waals surface area contributed by atoms with E-state index in [1.54, 1.807) is 0 Å². The van der Waals surface area contributed by atoms with Gasteiger partial charge in [0.1, 0.15) is 11.7 Å². The number of aliphatic hydroxyl groups is 7. The summed E-state index contributed by atoms with van der Waals surface area (Å²) in [6.07, 6.45) is 3.23. The molecule has 62 heavy (non-hydrogen) atoms. The average Bonchev–Trinajstić information content (AvgIpc) is 3.20. The van der Waals surface area contributed by atoms with Gasteiger partial charge < -0.3 is 69.1 Å². The molecule has 0 saturated carbocycles. The van der Waals surface area contributed by atoms with Crippen molar-refractivity contribution in [1.82, 2.24) is 4.90 Å². The highest BCUT2D eigenvalue weighted by molar-refractivity contribution is 5.82. The summed E-state index contributed by atoms with van der Waals surface area (Å²) in [6.45, 7) is 11.0. The number of fused-ring (bicyclic) bond motifs is 3. The molecule has 0 aromatic carbocycles. The molecule has 5 heterocycles. The van der Waals surface area contributed by atoms with Crippen molar-refractivity contribution >= 4 is 5.97 Å². The van der Waals surface area contributed by atoms with Crippen LogP contribution < -0.4 is 0 Å². The molecule has 1 spiro atoms. The van der Waals surface area contributed by atoms with Crippen LogP contribution in [0.25, 0.3) is 0 Å². The van der Waals surface area contributed by atoms with Crippen LogP contribution in [0.3, 0.4) is 0 Å². The topological polar surface area (TPSA) is 217 Å². The second-order valence-corrected chi connectivity index (χ2v) is 20.0. The molecule has 15 heteroatoms. The summed E-state index contributed by atoms with van der Waals surface area (Å²) in [4.78, 5) is 15.2. The first-order valence-electron chi connectivity index (χ1n) is 23.5. The number of rotatable bonds is 6. The summed E-state index contributed by atoms with van der Waals surface area (Å²) >= 11 is 0. The van der Waals surface area contributed by atoms with Gasteiger partial charge in [0.15, 0.2) is 18.4 Å². The summed E-state index contributed by atoms with van der Waals surface area (Å²) in [5.74, 6) is -2.42. The molecule has 5 rings (SSSR count). The average molecular weight is 884 g/mol. The Morgan fingerprint density at radius 2 is 1.66 bits per heavy atom. The molecule has 5 aliphatic rings. The van der Waals surface area contributed by atoms with Gasteiger partial charge in [-0.25, -0.2) is 4.79 Å². The van der Waals surface area contributed by atoms with Crippen LogP contribution in [0.15, 0.2) is 24.3 Å². The standard InChI is InChI=1S/C47H81NO14/c1-9-33(49)21-34-16-13-18-47(61-34)25-32-26-57-40(53)17-19-46(6,56)39(52)22-36(51)44(60-41-23-35(50)42(48(7)8)30(5)58-41)43(54)27(2)14-11-10-12-15-31-20-28(3)45(55)59-38(31)24-37(62-47)29(32)4/h12,15,17,19,27-39,41-45,49-52,54-56H,9-11,13-14,16,18,20-26H2,1-8H3. The third-order valence-electron chi connectivity index (χ3n) is 14.6. The number of hydrogen-bond acceptors (Lipinski definition) is 15. The van der Waals surface area contributed by atoms with Gasteiger partial charge in [0.25, 0.3) is 0 Å². The molecule has 5 aliphatic heterocycles. The van der Waals surface area contributed by atoms with Crippen LogP contribution in [0.1, 0.15) is 125 Å². The van der Waals surface area contributed by atoms with Crippen LogP contribution in [0.2, 0.25) is 0 Å². The maximum atomic E-state index is 13.3. The first kappa shape index (κ1) is 51.4. The Labute approximate surface area is 369 Å². The van der Waals surface area contributed by atoms with E-state index < -0.39 is 79.1 Å². The maximum absolute atomic E-state index is 13.3. The lowest BCUT2D eigenvalue weighted by Crippen LogP contribution is -2.56. The number of esters is 1. The van der Waals surface area contributed by atoms with Crippen LogP contribution in [0, 0.1) is 29.6 Å². The van der Waals surface area contributed by atoms with Crippen molar-refractivity contribution in [2.45, 2.75) is 216 Å². The van der Waals surface area contributed by atoms with Gasteiger partial charge in [-0.05, 0) is 97.2 Å². The minimum Gasteiger partial charge on any atom is -0.462 e. The third kappa shape index (κ3) is 13.5. The van der Waals surface area contributed by atoms with Crippen LogP contribution in [0.5, 0.6) is 0 Å². The van der Waals surface area contributed by atoms with E-state index >= 15 is 0 Å². The number of likely N-dealkylation sites (N-methyl/N-ethyl adjacent to an activating group) is 1.